The molecule has 0 aromatic rings. The number of hydrogen-bond donors (Lipinski definition) is 2. The van der Waals surface area contributed by atoms with E-state index in [4.69, 9.17) is 5.73 Å². The van der Waals surface area contributed by atoms with Crippen molar-refractivity contribution in [1.82, 2.24) is 5.32 Å². The van der Waals surface area contributed by atoms with Crippen LogP contribution in [0.1, 0.15) is 20.3 Å². The van der Waals surface area contributed by atoms with E-state index < -0.39 is 0 Å². The predicted octanol–water partition coefficient (Wildman–Crippen LogP) is 1.36. The van der Waals surface area contributed by atoms with Crippen molar-refractivity contribution < 1.29 is 0 Å². The molecule has 0 aliphatic heterocycles. The molecule has 0 aromatic heterocycles. The second-order valence-corrected chi connectivity index (χ2v) is 2.19. The Morgan fingerprint density at radius 2 is 2.10 bits per heavy atom. The van der Waals surface area contributed by atoms with Crippen LogP contribution < -0.4 is 11.1 Å². The molecule has 0 amide bonds. The van der Waals surface area contributed by atoms with E-state index in [1.54, 1.807) is 0 Å². The monoisotopic (exact) mass is 140 g/mol. The van der Waals surface area contributed by atoms with Gasteiger partial charge in [0.05, 0.1) is 0 Å². The van der Waals surface area contributed by atoms with Crippen LogP contribution in [0.25, 0.3) is 0 Å². The summed E-state index contributed by atoms with van der Waals surface area (Å²) < 4.78 is 0. The maximum absolute atomic E-state index is 5.56. The summed E-state index contributed by atoms with van der Waals surface area (Å²) in [5.41, 5.74) is 7.60. The fraction of sp³-hybridized carbons (Fsp3) is 0.500. The van der Waals surface area contributed by atoms with Crippen LogP contribution >= 0.6 is 0 Å². The van der Waals surface area contributed by atoms with Crippen LogP contribution in [0.4, 0.5) is 0 Å². The van der Waals surface area contributed by atoms with Crippen LogP contribution in [0.15, 0.2) is 23.5 Å². The molecule has 0 heterocycles. The van der Waals surface area contributed by atoms with Crippen LogP contribution in [0.2, 0.25) is 0 Å². The Bertz CT molecular complexity index is 127. The lowest BCUT2D eigenvalue weighted by Gasteiger charge is -1.96. The Hall–Kier alpha value is -0.920. The first-order valence-corrected chi connectivity index (χ1v) is 3.51. The topological polar surface area (TPSA) is 38.0 Å². The highest BCUT2D eigenvalue weighted by Crippen LogP contribution is 1.92. The van der Waals surface area contributed by atoms with Crippen molar-refractivity contribution >= 4 is 0 Å². The summed E-state index contributed by atoms with van der Waals surface area (Å²) >= 11 is 0. The highest BCUT2D eigenvalue weighted by Gasteiger charge is 1.81. The molecule has 3 N–H and O–H groups in total. The molecule has 0 radical (unpaired) electrons. The van der Waals surface area contributed by atoms with E-state index >= 15 is 0 Å². The Morgan fingerprint density at radius 3 is 2.50 bits per heavy atom. The first-order valence-electron chi connectivity index (χ1n) is 3.51. The fourth-order valence-electron chi connectivity index (χ4n) is 0.433. The highest BCUT2D eigenvalue weighted by atomic mass is 14.8. The number of rotatable bonds is 3. The summed E-state index contributed by atoms with van der Waals surface area (Å²) in [6, 6.07) is 0. The minimum atomic E-state index is 0.910. The molecule has 0 bridgehead atoms. The lowest BCUT2D eigenvalue weighted by molar-refractivity contribution is 0.986. The molecule has 0 rings (SSSR count). The van der Waals surface area contributed by atoms with Gasteiger partial charge in [-0.3, -0.25) is 0 Å². The van der Waals surface area contributed by atoms with Crippen molar-refractivity contribution in [2.24, 2.45) is 5.73 Å². The van der Waals surface area contributed by atoms with Gasteiger partial charge in [0.15, 0.2) is 0 Å². The van der Waals surface area contributed by atoms with Gasteiger partial charge in [0, 0.05) is 18.4 Å². The van der Waals surface area contributed by atoms with Gasteiger partial charge in [0.1, 0.15) is 0 Å². The van der Waals surface area contributed by atoms with Gasteiger partial charge >= 0.3 is 0 Å². The predicted molar refractivity (Wildman–Crippen MR) is 45.4 cm³/mol. The molecule has 0 unspecified atom stereocenters. The normalized spacial score (nSPS) is 13.5. The molecular weight excluding hydrogens is 124 g/mol. The maximum atomic E-state index is 5.56. The van der Waals surface area contributed by atoms with Gasteiger partial charge in [-0.15, -0.1) is 0 Å². The molecule has 10 heavy (non-hydrogen) atoms. The molecule has 0 spiro atoms. The molecule has 0 atom stereocenters. The minimum absolute atomic E-state index is 0.910. The van der Waals surface area contributed by atoms with E-state index in [1.165, 1.54) is 0 Å². The van der Waals surface area contributed by atoms with Gasteiger partial charge in [-0.25, -0.2) is 0 Å². The molecule has 58 valence electrons. The van der Waals surface area contributed by atoms with Crippen LogP contribution in [0, 0.1) is 0 Å². The van der Waals surface area contributed by atoms with Crippen molar-refractivity contribution in [1.29, 1.82) is 0 Å². The van der Waals surface area contributed by atoms with E-state index in [0.29, 0.717) is 0 Å². The lowest BCUT2D eigenvalue weighted by atomic mass is 10.3. The quantitative estimate of drug-likeness (QED) is 0.581. The number of nitrogens with two attached hydrogens (primary N) is 1. The lowest BCUT2D eigenvalue weighted by Crippen LogP contribution is -2.01. The van der Waals surface area contributed by atoms with E-state index in [2.05, 4.69) is 5.32 Å². The summed E-state index contributed by atoms with van der Waals surface area (Å²) in [6.45, 7) is 4.04. The van der Waals surface area contributed by atoms with Crippen molar-refractivity contribution in [3.8, 4) is 0 Å². The summed E-state index contributed by atoms with van der Waals surface area (Å²) in [5, 5.41) is 3.01. The zero-order valence-corrected chi connectivity index (χ0v) is 6.94. The summed E-state index contributed by atoms with van der Waals surface area (Å²) in [7, 11) is 1.89. The first-order chi connectivity index (χ1) is 4.70. The molecule has 0 aliphatic rings. The number of hydrogen-bond acceptors (Lipinski definition) is 2. The second-order valence-electron chi connectivity index (χ2n) is 2.19. The highest BCUT2D eigenvalue weighted by molar-refractivity contribution is 5.13. The van der Waals surface area contributed by atoms with Crippen molar-refractivity contribution in [2.75, 3.05) is 7.05 Å². The SMILES string of the molecule is CC/C(N)=C\C=C(C)NC. The van der Waals surface area contributed by atoms with Gasteiger partial charge in [0.25, 0.3) is 0 Å². The molecule has 2 heteroatoms. The molecule has 0 aromatic carbocycles. The van der Waals surface area contributed by atoms with E-state index in [-0.39, 0.29) is 0 Å². The number of allylic oxidation sites excluding steroid dienone is 4. The molecule has 0 aliphatic carbocycles. The number of nitrogens with one attached hydrogen (secondary N) is 1. The summed E-state index contributed by atoms with van der Waals surface area (Å²) in [5.74, 6) is 0. The standard InChI is InChI=1S/C8H16N2/c1-4-8(9)6-5-7(2)10-3/h5-6,10H,4,9H2,1-3H3/b7-5?,8-6+. The van der Waals surface area contributed by atoms with Crippen molar-refractivity contribution in [3.63, 3.8) is 0 Å². The summed E-state index contributed by atoms with van der Waals surface area (Å²) in [6.07, 6.45) is 4.80. The minimum Gasteiger partial charge on any atom is -0.402 e. The Morgan fingerprint density at radius 1 is 1.50 bits per heavy atom. The summed E-state index contributed by atoms with van der Waals surface area (Å²) in [4.78, 5) is 0. The third-order valence-corrected chi connectivity index (χ3v) is 1.35. The Kier molecular flexibility index (Phi) is 4.46. The Balaban J connectivity index is 3.91. The zero-order valence-electron chi connectivity index (χ0n) is 6.94. The average Bonchev–Trinajstić information content (AvgIpc) is 1.99. The van der Waals surface area contributed by atoms with Gasteiger partial charge in [-0.2, -0.15) is 0 Å². The van der Waals surface area contributed by atoms with Gasteiger partial charge < -0.3 is 11.1 Å². The Labute approximate surface area is 62.8 Å². The van der Waals surface area contributed by atoms with E-state index in [0.717, 1.165) is 17.8 Å². The van der Waals surface area contributed by atoms with Gasteiger partial charge in [-0.1, -0.05) is 6.92 Å². The second kappa shape index (κ2) is 4.91. The third kappa shape index (κ3) is 4.01. The van der Waals surface area contributed by atoms with E-state index in [1.807, 2.05) is 33.0 Å². The largest absolute Gasteiger partial charge is 0.402 e. The van der Waals surface area contributed by atoms with Crippen LogP contribution in [0.5, 0.6) is 0 Å². The average molecular weight is 140 g/mol. The third-order valence-electron chi connectivity index (χ3n) is 1.35. The van der Waals surface area contributed by atoms with Gasteiger partial charge in [-0.05, 0) is 25.5 Å². The van der Waals surface area contributed by atoms with E-state index in [9.17, 15) is 0 Å². The van der Waals surface area contributed by atoms with Crippen LogP contribution in [0.3, 0.4) is 0 Å². The zero-order chi connectivity index (χ0) is 7.98. The molecular formula is C8H16N2. The van der Waals surface area contributed by atoms with Gasteiger partial charge in [0.2, 0.25) is 0 Å². The molecule has 0 saturated carbocycles. The van der Waals surface area contributed by atoms with Crippen molar-refractivity contribution in [3.05, 3.63) is 23.5 Å². The fourth-order valence-corrected chi connectivity index (χ4v) is 0.433. The van der Waals surface area contributed by atoms with Crippen molar-refractivity contribution in [2.45, 2.75) is 20.3 Å². The maximum Gasteiger partial charge on any atom is 0.00783 e. The first kappa shape index (κ1) is 9.08. The molecule has 0 saturated heterocycles. The van der Waals surface area contributed by atoms with Crippen LogP contribution in [-0.2, 0) is 0 Å². The molecule has 2 nitrogen and oxygen atoms in total. The smallest absolute Gasteiger partial charge is 0.00783 e. The molecule has 0 fully saturated rings. The van der Waals surface area contributed by atoms with Crippen LogP contribution in [-0.4, -0.2) is 7.05 Å².